The minimum absolute atomic E-state index is 0. The quantitative estimate of drug-likeness (QED) is 0.0329. The number of carbonyl (C=O) groups is 5. The highest BCUT2D eigenvalue weighted by Gasteiger charge is 2.26. The first-order valence-electron chi connectivity index (χ1n) is 35.1. The van der Waals surface area contributed by atoms with Crippen LogP contribution in [0.2, 0.25) is 0 Å². The van der Waals surface area contributed by atoms with Crippen LogP contribution in [0.15, 0.2) is 170 Å². The minimum atomic E-state index is -1.67. The van der Waals surface area contributed by atoms with Crippen molar-refractivity contribution in [2.24, 2.45) is 0 Å². The number of amides is 4. The second-order valence-electron chi connectivity index (χ2n) is 24.9. The number of halogens is 4. The number of carbonyl (C=O) groups excluding carboxylic acids is 5. The van der Waals surface area contributed by atoms with E-state index in [-0.39, 0.29) is 49.9 Å². The normalized spacial score (nSPS) is 12.2. The second-order valence-corrected chi connectivity index (χ2v) is 29.1. The molecule has 564 valence electrons. The van der Waals surface area contributed by atoms with Crippen molar-refractivity contribution >= 4 is 94.7 Å². The lowest BCUT2D eigenvalue weighted by atomic mass is 9.93. The van der Waals surface area contributed by atoms with Crippen LogP contribution >= 0.6 is 55.6 Å². The Hall–Kier alpha value is -7.06. The standard InChI is InChI=1S/C24H33N3O.C20H24ClNO.C20H25NO2.C12H15NO2.C8H9I.2CH4.Cl2OS/c1-5-26(6-2)24(28)21-11-9-20(10-12-21)23(27-15-13-25-14-16-27)22-8-7-18(3)19(4)17-22;1-5-22(6-2)20(23)17-11-9-16(10-12-17)19(21)18-8-7-14(3)15(4)13-18;1-5-21(6-2)20(23)17-11-9-16(10-12-17)19(22)18-8-7-14(3)15(4)13-18;1-3-13(4-2)12(15)11-7-5-10(9-14)6-8-11;1-6-3-4-8(9)5-7(6)2;;;1-4(2)3/h7-12,17,23,25H,5-6,13-16H2,1-4H3;7-13,19H,5-6H2,1-4H3;7-13,19,22H,5-6H2,1-4H3;5-9H,3-4H2,1-2H3;3-5H,1-2H3;2*1H4;. The molecule has 2 N–H and O–H groups in total. The summed E-state index contributed by atoms with van der Waals surface area (Å²) < 4.78 is 10.4. The Morgan fingerprint density at radius 2 is 0.712 bits per heavy atom. The Balaban J connectivity index is 0.000000448. The van der Waals surface area contributed by atoms with E-state index in [9.17, 15) is 29.1 Å². The molecule has 1 aliphatic rings. The third kappa shape index (κ3) is 28.7. The fraction of sp³-hybridized carbons (Fsp3) is 0.384. The van der Waals surface area contributed by atoms with Gasteiger partial charge in [0.2, 0.25) is 9.23 Å². The van der Waals surface area contributed by atoms with Crippen molar-refractivity contribution in [2.75, 3.05) is 78.5 Å². The van der Waals surface area contributed by atoms with Gasteiger partial charge in [-0.25, -0.2) is 4.21 Å². The number of aliphatic hydroxyl groups excluding tert-OH is 1. The lowest BCUT2D eigenvalue weighted by Gasteiger charge is -2.36. The summed E-state index contributed by atoms with van der Waals surface area (Å²) in [7, 11) is 7.36. The summed E-state index contributed by atoms with van der Waals surface area (Å²) in [5, 5.41) is 13.8. The Morgan fingerprint density at radius 1 is 0.433 bits per heavy atom. The average Bonchev–Trinajstić information content (AvgIpc) is 0.805. The first-order chi connectivity index (χ1) is 48.6. The fourth-order valence-corrected chi connectivity index (χ4v) is 12.3. The third-order valence-corrected chi connectivity index (χ3v) is 19.6. The predicted molar refractivity (Wildman–Crippen MR) is 448 cm³/mol. The predicted octanol–water partition coefficient (Wildman–Crippen LogP) is 20.0. The average molecular weight is 1610 g/mol. The van der Waals surface area contributed by atoms with Crippen LogP contribution in [-0.4, -0.2) is 142 Å². The van der Waals surface area contributed by atoms with E-state index in [0.717, 1.165) is 92.0 Å². The third-order valence-electron chi connectivity index (χ3n) is 18.4. The maximum Gasteiger partial charge on any atom is 0.253 e. The zero-order valence-corrected chi connectivity index (χ0v) is 67.8. The number of piperazine rings is 1. The van der Waals surface area contributed by atoms with E-state index < -0.39 is 15.3 Å². The molecule has 1 aliphatic heterocycles. The summed E-state index contributed by atoms with van der Waals surface area (Å²) in [6.45, 7) is 42.5. The minimum Gasteiger partial charge on any atom is -0.384 e. The number of benzene rings is 8. The van der Waals surface area contributed by atoms with E-state index in [0.29, 0.717) is 48.4 Å². The zero-order chi connectivity index (χ0) is 75.8. The van der Waals surface area contributed by atoms with Crippen molar-refractivity contribution in [1.29, 1.82) is 0 Å². The largest absolute Gasteiger partial charge is 0.384 e. The molecule has 1 heterocycles. The topological polar surface area (TPSA) is 151 Å². The number of nitrogens with zero attached hydrogens (tertiary/aromatic N) is 5. The lowest BCUT2D eigenvalue weighted by molar-refractivity contribution is 0.0765. The molecule has 3 atom stereocenters. The van der Waals surface area contributed by atoms with Gasteiger partial charge in [0.05, 0.1) is 11.4 Å². The highest BCUT2D eigenvalue weighted by atomic mass is 127. The molecular formula is C86H114Cl3IN6O7S. The van der Waals surface area contributed by atoms with E-state index in [1.165, 1.54) is 53.6 Å². The summed E-state index contributed by atoms with van der Waals surface area (Å²) in [5.74, 6) is 0.222. The summed E-state index contributed by atoms with van der Waals surface area (Å²) in [6, 6.07) is 55.6. The molecule has 0 bridgehead atoms. The number of nitrogens with one attached hydrogen (secondary N) is 1. The molecule has 0 aliphatic carbocycles. The molecular weight excluding hydrogens is 1490 g/mol. The number of rotatable bonds is 20. The van der Waals surface area contributed by atoms with Crippen molar-refractivity contribution in [1.82, 2.24) is 29.8 Å². The molecule has 4 amide bonds. The van der Waals surface area contributed by atoms with E-state index >= 15 is 0 Å². The van der Waals surface area contributed by atoms with Crippen LogP contribution in [0.5, 0.6) is 0 Å². The van der Waals surface area contributed by atoms with Crippen molar-refractivity contribution in [3.05, 3.63) is 279 Å². The molecule has 0 saturated carbocycles. The van der Waals surface area contributed by atoms with Crippen LogP contribution in [0.3, 0.4) is 0 Å². The molecule has 0 radical (unpaired) electrons. The molecule has 0 aromatic heterocycles. The Labute approximate surface area is 653 Å². The number of alkyl halides is 1. The molecule has 8 aromatic carbocycles. The van der Waals surface area contributed by atoms with Crippen molar-refractivity contribution < 1.29 is 33.3 Å². The van der Waals surface area contributed by atoms with Crippen LogP contribution in [-0.2, 0) is 9.23 Å². The monoisotopic (exact) mass is 1610 g/mol. The summed E-state index contributed by atoms with van der Waals surface area (Å²) in [6.07, 6.45) is 0.0953. The van der Waals surface area contributed by atoms with Gasteiger partial charge in [-0.15, -0.1) is 11.6 Å². The Kier molecular flexibility index (Phi) is 43.1. The first-order valence-corrected chi connectivity index (χ1v) is 39.4. The smallest absolute Gasteiger partial charge is 0.253 e. The molecule has 104 heavy (non-hydrogen) atoms. The molecule has 18 heteroatoms. The number of aryl methyl sites for hydroxylation is 8. The van der Waals surface area contributed by atoms with Crippen molar-refractivity contribution in [3.63, 3.8) is 0 Å². The summed E-state index contributed by atoms with van der Waals surface area (Å²) in [5.41, 5.74) is 20.0. The fourth-order valence-electron chi connectivity index (χ4n) is 11.3. The van der Waals surface area contributed by atoms with Crippen LogP contribution < -0.4 is 5.32 Å². The second kappa shape index (κ2) is 48.2. The van der Waals surface area contributed by atoms with Crippen LogP contribution in [0.1, 0.15) is 217 Å². The molecule has 1 fully saturated rings. The van der Waals surface area contributed by atoms with Crippen LogP contribution in [0.25, 0.3) is 0 Å². The van der Waals surface area contributed by atoms with Gasteiger partial charge < -0.3 is 30.0 Å². The zero-order valence-electron chi connectivity index (χ0n) is 62.5. The van der Waals surface area contributed by atoms with Gasteiger partial charge in [0, 0.05) is 131 Å². The van der Waals surface area contributed by atoms with E-state index in [1.807, 2.05) is 139 Å². The number of hydrogen-bond donors (Lipinski definition) is 2. The van der Waals surface area contributed by atoms with Gasteiger partial charge in [-0.05, 0) is 272 Å². The van der Waals surface area contributed by atoms with Gasteiger partial charge in [0.15, 0.2) is 0 Å². The highest BCUT2D eigenvalue weighted by Crippen LogP contribution is 2.33. The summed E-state index contributed by atoms with van der Waals surface area (Å²) >= 11 is 8.93. The van der Waals surface area contributed by atoms with Gasteiger partial charge in [-0.1, -0.05) is 124 Å². The maximum atomic E-state index is 12.6. The van der Waals surface area contributed by atoms with Crippen LogP contribution in [0.4, 0.5) is 0 Å². The molecule has 13 nitrogen and oxygen atoms in total. The van der Waals surface area contributed by atoms with E-state index in [4.69, 9.17) is 15.8 Å². The molecule has 0 spiro atoms. The Bertz CT molecular complexity index is 3830. The van der Waals surface area contributed by atoms with E-state index in [1.54, 1.807) is 46.2 Å². The van der Waals surface area contributed by atoms with Gasteiger partial charge in [-0.2, -0.15) is 0 Å². The molecule has 9 rings (SSSR count). The van der Waals surface area contributed by atoms with Gasteiger partial charge >= 0.3 is 0 Å². The van der Waals surface area contributed by atoms with Gasteiger partial charge in [-0.3, -0.25) is 28.9 Å². The first kappa shape index (κ1) is 93.0. The van der Waals surface area contributed by atoms with E-state index in [2.05, 4.69) is 169 Å². The maximum absolute atomic E-state index is 12.6. The van der Waals surface area contributed by atoms with Crippen LogP contribution in [0, 0.1) is 59.0 Å². The number of hydrogen-bond acceptors (Lipinski definition) is 9. The molecule has 3 unspecified atom stereocenters. The number of aldehydes is 1. The SMILES string of the molecule is C.C.CCN(CC)C(=O)c1ccc(C(Cl)c2ccc(C)c(C)c2)cc1.CCN(CC)C(=O)c1ccc(C(O)c2ccc(C)c(C)c2)cc1.CCN(CC)C(=O)c1ccc(C(c2ccc(C)c(C)c2)N2CCNCC2)cc1.CCN(CC)C(=O)c1ccc(C=O)cc1.Cc1ccc(I)cc1C.O=S(Cl)Cl. The van der Waals surface area contributed by atoms with Crippen molar-refractivity contribution in [3.8, 4) is 0 Å². The van der Waals surface area contributed by atoms with Gasteiger partial charge in [0.1, 0.15) is 12.4 Å². The summed E-state index contributed by atoms with van der Waals surface area (Å²) in [4.78, 5) is 69.3. The highest BCUT2D eigenvalue weighted by molar-refractivity contribution is 14.1. The molecule has 8 aromatic rings. The molecule has 1 saturated heterocycles. The Morgan fingerprint density at radius 3 is 1.04 bits per heavy atom. The number of aliphatic hydroxyl groups is 1. The van der Waals surface area contributed by atoms with Gasteiger partial charge in [0.25, 0.3) is 23.6 Å². The van der Waals surface area contributed by atoms with Crippen molar-refractivity contribution in [2.45, 2.75) is 143 Å². The lowest BCUT2D eigenvalue weighted by Crippen LogP contribution is -2.45.